The standard InChI is InChI=1S/C19H24N2O2/c1-3-13-12-21-10-8-15-14-6-4-5-7-16(14)20-17(15)18(21,2)19(13,23)9-11-22/h3-7,20,22-23H,8-12H2,1-2H3/b13-3+/t18-,19-/m0/s1. The molecule has 1 saturated heterocycles. The van der Waals surface area contributed by atoms with Gasteiger partial charge in [0.15, 0.2) is 0 Å². The Morgan fingerprint density at radius 3 is 2.87 bits per heavy atom. The third-order valence-corrected chi connectivity index (χ3v) is 6.08. The van der Waals surface area contributed by atoms with E-state index >= 15 is 0 Å². The maximum atomic E-state index is 11.6. The fourth-order valence-corrected chi connectivity index (χ4v) is 4.75. The normalized spacial score (nSPS) is 32.4. The van der Waals surface area contributed by atoms with E-state index in [1.807, 2.05) is 19.1 Å². The van der Waals surface area contributed by atoms with Gasteiger partial charge < -0.3 is 15.2 Å². The molecule has 3 heterocycles. The number of allylic oxidation sites excluding steroid dienone is 1. The third-order valence-electron chi connectivity index (χ3n) is 6.08. The second-order valence-electron chi connectivity index (χ2n) is 6.92. The van der Waals surface area contributed by atoms with E-state index in [4.69, 9.17) is 0 Å². The molecule has 2 aliphatic rings. The zero-order valence-corrected chi connectivity index (χ0v) is 13.8. The Bertz CT molecular complexity index is 794. The van der Waals surface area contributed by atoms with E-state index in [0.717, 1.165) is 36.3 Å². The Hall–Kier alpha value is -1.62. The van der Waals surface area contributed by atoms with Gasteiger partial charge in [-0.05, 0) is 37.5 Å². The summed E-state index contributed by atoms with van der Waals surface area (Å²) in [6.07, 6.45) is 3.36. The summed E-state index contributed by atoms with van der Waals surface area (Å²) in [4.78, 5) is 5.93. The molecule has 0 radical (unpaired) electrons. The first kappa shape index (κ1) is 14.9. The van der Waals surface area contributed by atoms with Gasteiger partial charge in [0.05, 0.1) is 5.54 Å². The van der Waals surface area contributed by atoms with Crippen LogP contribution in [0, 0.1) is 0 Å². The quantitative estimate of drug-likeness (QED) is 0.746. The molecule has 0 bridgehead atoms. The Morgan fingerprint density at radius 2 is 2.13 bits per heavy atom. The van der Waals surface area contributed by atoms with Crippen LogP contribution in [0.5, 0.6) is 0 Å². The Kier molecular flexibility index (Phi) is 3.21. The first-order valence-electron chi connectivity index (χ1n) is 8.40. The summed E-state index contributed by atoms with van der Waals surface area (Å²) in [5, 5.41) is 22.4. The first-order valence-corrected chi connectivity index (χ1v) is 8.40. The van der Waals surface area contributed by atoms with Crippen molar-refractivity contribution >= 4 is 10.9 Å². The largest absolute Gasteiger partial charge is 0.396 e. The van der Waals surface area contributed by atoms with E-state index in [0.29, 0.717) is 6.42 Å². The summed E-state index contributed by atoms with van der Waals surface area (Å²) in [6.45, 7) is 5.76. The highest BCUT2D eigenvalue weighted by atomic mass is 16.3. The van der Waals surface area contributed by atoms with E-state index in [9.17, 15) is 10.2 Å². The molecular weight excluding hydrogens is 288 g/mol. The molecular formula is C19H24N2O2. The van der Waals surface area contributed by atoms with E-state index in [1.54, 1.807) is 0 Å². The lowest BCUT2D eigenvalue weighted by atomic mass is 9.72. The number of para-hydroxylation sites is 1. The van der Waals surface area contributed by atoms with E-state index in [2.05, 4.69) is 35.0 Å². The minimum Gasteiger partial charge on any atom is -0.396 e. The van der Waals surface area contributed by atoms with Crippen molar-refractivity contribution in [1.29, 1.82) is 0 Å². The van der Waals surface area contributed by atoms with Crippen LogP contribution < -0.4 is 0 Å². The number of benzene rings is 1. The number of fused-ring (bicyclic) bond motifs is 5. The summed E-state index contributed by atoms with van der Waals surface area (Å²) in [5.41, 5.74) is 3.00. The zero-order chi connectivity index (χ0) is 16.2. The zero-order valence-electron chi connectivity index (χ0n) is 13.8. The molecule has 3 N–H and O–H groups in total. The number of hydrogen-bond donors (Lipinski definition) is 3. The van der Waals surface area contributed by atoms with Gasteiger partial charge in [-0.2, -0.15) is 0 Å². The Balaban J connectivity index is 1.99. The minimum atomic E-state index is -1.04. The van der Waals surface area contributed by atoms with Gasteiger partial charge in [0.25, 0.3) is 0 Å². The lowest BCUT2D eigenvalue weighted by Gasteiger charge is -2.47. The van der Waals surface area contributed by atoms with Gasteiger partial charge >= 0.3 is 0 Å². The van der Waals surface area contributed by atoms with Crippen LogP contribution in [0.3, 0.4) is 0 Å². The molecule has 4 nitrogen and oxygen atoms in total. The average molecular weight is 312 g/mol. The SMILES string of the molecule is C/C=C1\CN2CCc3c([nH]c4ccccc34)[C@@]2(C)[C@]1(O)CCO. The number of aromatic nitrogens is 1. The molecule has 122 valence electrons. The van der Waals surface area contributed by atoms with Crippen molar-refractivity contribution < 1.29 is 10.2 Å². The van der Waals surface area contributed by atoms with Crippen LogP contribution in [0.1, 0.15) is 31.5 Å². The van der Waals surface area contributed by atoms with Gasteiger partial charge in [0.1, 0.15) is 5.60 Å². The Morgan fingerprint density at radius 1 is 1.35 bits per heavy atom. The van der Waals surface area contributed by atoms with Crippen molar-refractivity contribution in [1.82, 2.24) is 9.88 Å². The lowest BCUT2D eigenvalue weighted by Crippen LogP contribution is -2.56. The van der Waals surface area contributed by atoms with Crippen molar-refractivity contribution in [2.45, 2.75) is 37.8 Å². The topological polar surface area (TPSA) is 59.5 Å². The molecule has 0 spiro atoms. The maximum absolute atomic E-state index is 11.6. The molecule has 1 aromatic carbocycles. The second-order valence-corrected chi connectivity index (χ2v) is 6.92. The molecule has 2 atom stereocenters. The van der Waals surface area contributed by atoms with Crippen LogP contribution >= 0.6 is 0 Å². The van der Waals surface area contributed by atoms with Gasteiger partial charge in [0.2, 0.25) is 0 Å². The molecule has 4 rings (SSSR count). The highest BCUT2D eigenvalue weighted by Crippen LogP contribution is 2.53. The lowest BCUT2D eigenvalue weighted by molar-refractivity contribution is -0.0614. The number of nitrogens with zero attached hydrogens (tertiary/aromatic N) is 1. The van der Waals surface area contributed by atoms with E-state index in [1.165, 1.54) is 10.9 Å². The number of aliphatic hydroxyl groups is 2. The van der Waals surface area contributed by atoms with Crippen LogP contribution in [-0.4, -0.2) is 45.4 Å². The van der Waals surface area contributed by atoms with Gasteiger partial charge in [-0.25, -0.2) is 0 Å². The molecule has 23 heavy (non-hydrogen) atoms. The summed E-state index contributed by atoms with van der Waals surface area (Å²) >= 11 is 0. The molecule has 0 aliphatic carbocycles. The number of rotatable bonds is 2. The molecule has 0 saturated carbocycles. The molecule has 0 unspecified atom stereocenters. The minimum absolute atomic E-state index is 0.0210. The van der Waals surface area contributed by atoms with Crippen molar-refractivity contribution in [3.63, 3.8) is 0 Å². The number of H-pyrrole nitrogens is 1. The predicted molar refractivity (Wildman–Crippen MR) is 91.3 cm³/mol. The molecule has 1 fully saturated rings. The summed E-state index contributed by atoms with van der Waals surface area (Å²) in [7, 11) is 0. The van der Waals surface area contributed by atoms with E-state index < -0.39 is 11.1 Å². The van der Waals surface area contributed by atoms with Crippen molar-refractivity contribution in [3.05, 3.63) is 47.2 Å². The molecule has 2 aromatic rings. The fraction of sp³-hybridized carbons (Fsp3) is 0.474. The second kappa shape index (κ2) is 4.94. The van der Waals surface area contributed by atoms with Gasteiger partial charge in [-0.3, -0.25) is 4.90 Å². The number of hydrogen-bond acceptors (Lipinski definition) is 3. The summed E-state index contributed by atoms with van der Waals surface area (Å²) in [6, 6.07) is 8.35. The van der Waals surface area contributed by atoms with Crippen LogP contribution in [0.2, 0.25) is 0 Å². The summed E-state index contributed by atoms with van der Waals surface area (Å²) < 4.78 is 0. The van der Waals surface area contributed by atoms with Gasteiger partial charge in [0, 0.05) is 42.7 Å². The molecule has 1 aromatic heterocycles. The van der Waals surface area contributed by atoms with Gasteiger partial charge in [-0.1, -0.05) is 24.3 Å². The molecule has 0 amide bonds. The fourth-order valence-electron chi connectivity index (χ4n) is 4.75. The van der Waals surface area contributed by atoms with Crippen molar-refractivity contribution in [2.75, 3.05) is 19.7 Å². The smallest absolute Gasteiger partial charge is 0.113 e. The van der Waals surface area contributed by atoms with Crippen LogP contribution in [0.25, 0.3) is 10.9 Å². The van der Waals surface area contributed by atoms with Crippen LogP contribution in [0.15, 0.2) is 35.9 Å². The van der Waals surface area contributed by atoms with Crippen molar-refractivity contribution in [2.24, 2.45) is 0 Å². The molecule has 2 aliphatic heterocycles. The number of aliphatic hydroxyl groups excluding tert-OH is 1. The average Bonchev–Trinajstić information content (AvgIpc) is 3.03. The van der Waals surface area contributed by atoms with Crippen molar-refractivity contribution in [3.8, 4) is 0 Å². The maximum Gasteiger partial charge on any atom is 0.113 e. The molecule has 4 heteroatoms. The first-order chi connectivity index (χ1) is 11.1. The highest BCUT2D eigenvalue weighted by Gasteiger charge is 2.61. The summed E-state index contributed by atoms with van der Waals surface area (Å²) in [5.74, 6) is 0. The predicted octanol–water partition coefficient (Wildman–Crippen LogP) is 2.31. The monoisotopic (exact) mass is 312 g/mol. The number of nitrogens with one attached hydrogen (secondary N) is 1. The van der Waals surface area contributed by atoms with Gasteiger partial charge in [-0.15, -0.1) is 0 Å². The third kappa shape index (κ3) is 1.71. The Labute approximate surface area is 136 Å². The number of aromatic amines is 1. The highest BCUT2D eigenvalue weighted by molar-refractivity contribution is 5.85. The van der Waals surface area contributed by atoms with E-state index in [-0.39, 0.29) is 6.61 Å². The van der Waals surface area contributed by atoms with Crippen LogP contribution in [0.4, 0.5) is 0 Å². The van der Waals surface area contributed by atoms with Crippen LogP contribution in [-0.2, 0) is 12.0 Å².